The Balaban J connectivity index is 1.79. The topological polar surface area (TPSA) is 64.6 Å². The largest absolute Gasteiger partial charge is 0.494 e. The van der Waals surface area contributed by atoms with Crippen molar-refractivity contribution in [2.24, 2.45) is 0 Å². The second-order valence-corrected chi connectivity index (χ2v) is 5.12. The summed E-state index contributed by atoms with van der Waals surface area (Å²) in [7, 11) is 0. The Kier molecular flexibility index (Phi) is 6.45. The third-order valence-electron chi connectivity index (χ3n) is 3.09. The Labute approximate surface area is 143 Å². The van der Waals surface area contributed by atoms with Crippen LogP contribution >= 0.6 is 0 Å². The van der Waals surface area contributed by atoms with Gasteiger partial charge in [0, 0.05) is 11.8 Å². The maximum absolute atomic E-state index is 13.0. The van der Waals surface area contributed by atoms with Crippen LogP contribution in [0.1, 0.15) is 12.5 Å². The van der Waals surface area contributed by atoms with Crippen LogP contribution in [0, 0.1) is 11.6 Å². The molecule has 5 nitrogen and oxygen atoms in total. The van der Waals surface area contributed by atoms with Crippen LogP contribution in [0.25, 0.3) is 0 Å². The molecule has 0 spiro atoms. The molecule has 2 aromatic carbocycles. The minimum Gasteiger partial charge on any atom is -0.494 e. The molecule has 0 aliphatic heterocycles. The van der Waals surface area contributed by atoms with Gasteiger partial charge in [-0.05, 0) is 36.8 Å². The predicted molar refractivity (Wildman–Crippen MR) is 87.3 cm³/mol. The Morgan fingerprint density at radius 1 is 1.04 bits per heavy atom. The van der Waals surface area contributed by atoms with Gasteiger partial charge in [0.2, 0.25) is 0 Å². The quantitative estimate of drug-likeness (QED) is 0.780. The lowest BCUT2D eigenvalue weighted by atomic mass is 10.1. The summed E-state index contributed by atoms with van der Waals surface area (Å²) in [5, 5.41) is 2.25. The predicted octanol–water partition coefficient (Wildman–Crippen LogP) is 3.09. The van der Waals surface area contributed by atoms with Gasteiger partial charge in [-0.25, -0.2) is 8.78 Å². The lowest BCUT2D eigenvalue weighted by molar-refractivity contribution is -0.146. The Hall–Kier alpha value is -2.96. The first-order valence-corrected chi connectivity index (χ1v) is 7.59. The third kappa shape index (κ3) is 6.21. The van der Waals surface area contributed by atoms with Crippen LogP contribution in [0.3, 0.4) is 0 Å². The molecule has 1 N–H and O–H groups in total. The van der Waals surface area contributed by atoms with E-state index in [0.717, 1.165) is 12.1 Å². The summed E-state index contributed by atoms with van der Waals surface area (Å²) in [6.07, 6.45) is -0.00568. The van der Waals surface area contributed by atoms with Crippen molar-refractivity contribution in [1.82, 2.24) is 0 Å². The van der Waals surface area contributed by atoms with Crippen molar-refractivity contribution in [2.45, 2.75) is 13.3 Å². The number of hydrogen-bond donors (Lipinski definition) is 1. The van der Waals surface area contributed by atoms with Crippen molar-refractivity contribution in [3.8, 4) is 5.75 Å². The number of hydrogen-bond acceptors (Lipinski definition) is 4. The molecule has 0 aliphatic rings. The van der Waals surface area contributed by atoms with Crippen LogP contribution in [0.15, 0.2) is 42.5 Å². The molecular formula is C18H17F2NO4. The summed E-state index contributed by atoms with van der Waals surface area (Å²) in [5.74, 6) is -2.22. The van der Waals surface area contributed by atoms with E-state index in [0.29, 0.717) is 24.0 Å². The molecule has 0 fully saturated rings. The molecule has 0 heterocycles. The van der Waals surface area contributed by atoms with E-state index in [4.69, 9.17) is 9.47 Å². The number of halogens is 2. The van der Waals surface area contributed by atoms with E-state index < -0.39 is 30.1 Å². The van der Waals surface area contributed by atoms with Gasteiger partial charge in [-0.1, -0.05) is 12.1 Å². The standard InChI is InChI=1S/C18H17F2NO4/c1-2-24-16-5-3-12(4-6-16)7-18(23)25-11-17(22)21-15-9-13(19)8-14(20)10-15/h3-6,8-10H,2,7,11H2,1H3,(H,21,22). The molecule has 0 radical (unpaired) electrons. The summed E-state index contributed by atoms with van der Waals surface area (Å²) in [6.45, 7) is 1.87. The summed E-state index contributed by atoms with van der Waals surface area (Å²) < 4.78 is 36.2. The Morgan fingerprint density at radius 3 is 2.28 bits per heavy atom. The third-order valence-corrected chi connectivity index (χ3v) is 3.09. The first kappa shape index (κ1) is 18.4. The smallest absolute Gasteiger partial charge is 0.310 e. The fourth-order valence-corrected chi connectivity index (χ4v) is 2.06. The highest BCUT2D eigenvalue weighted by molar-refractivity contribution is 5.92. The van der Waals surface area contributed by atoms with Gasteiger partial charge in [0.15, 0.2) is 6.61 Å². The van der Waals surface area contributed by atoms with E-state index in [2.05, 4.69) is 5.32 Å². The number of ether oxygens (including phenoxy) is 2. The number of anilines is 1. The van der Waals surface area contributed by atoms with Crippen molar-refractivity contribution in [2.75, 3.05) is 18.5 Å². The molecule has 0 saturated heterocycles. The van der Waals surface area contributed by atoms with E-state index in [-0.39, 0.29) is 12.1 Å². The summed E-state index contributed by atoms with van der Waals surface area (Å²) >= 11 is 0. The number of nitrogens with one attached hydrogen (secondary N) is 1. The summed E-state index contributed by atoms with van der Waals surface area (Å²) in [4.78, 5) is 23.4. The van der Waals surface area contributed by atoms with E-state index in [1.807, 2.05) is 6.92 Å². The second kappa shape index (κ2) is 8.77. The van der Waals surface area contributed by atoms with Gasteiger partial charge in [-0.3, -0.25) is 9.59 Å². The molecule has 1 amide bonds. The fraction of sp³-hybridized carbons (Fsp3) is 0.222. The van der Waals surface area contributed by atoms with Gasteiger partial charge in [0.1, 0.15) is 17.4 Å². The van der Waals surface area contributed by atoms with E-state index in [1.165, 1.54) is 0 Å². The minimum atomic E-state index is -0.817. The Morgan fingerprint density at radius 2 is 1.68 bits per heavy atom. The molecule has 0 unspecified atom stereocenters. The molecule has 0 aliphatic carbocycles. The molecule has 0 aromatic heterocycles. The molecule has 7 heteroatoms. The summed E-state index contributed by atoms with van der Waals surface area (Å²) in [5.41, 5.74) is 0.658. The first-order valence-electron chi connectivity index (χ1n) is 7.59. The Bertz CT molecular complexity index is 727. The van der Waals surface area contributed by atoms with Gasteiger partial charge in [-0.15, -0.1) is 0 Å². The van der Waals surface area contributed by atoms with Crippen LogP contribution in [0.5, 0.6) is 5.75 Å². The summed E-state index contributed by atoms with van der Waals surface area (Å²) in [6, 6.07) is 9.52. The number of carbonyl (C=O) groups is 2. The van der Waals surface area contributed by atoms with E-state index in [1.54, 1.807) is 24.3 Å². The molecule has 0 bridgehead atoms. The fourth-order valence-electron chi connectivity index (χ4n) is 2.06. The second-order valence-electron chi connectivity index (χ2n) is 5.12. The van der Waals surface area contributed by atoms with Crippen molar-refractivity contribution in [3.05, 3.63) is 59.7 Å². The average Bonchev–Trinajstić information content (AvgIpc) is 2.54. The van der Waals surface area contributed by atoms with E-state index in [9.17, 15) is 18.4 Å². The van der Waals surface area contributed by atoms with Gasteiger partial charge < -0.3 is 14.8 Å². The number of esters is 1. The lowest BCUT2D eigenvalue weighted by Gasteiger charge is -2.08. The van der Waals surface area contributed by atoms with Crippen molar-refractivity contribution in [3.63, 3.8) is 0 Å². The van der Waals surface area contributed by atoms with Crippen LogP contribution < -0.4 is 10.1 Å². The number of benzene rings is 2. The molecule has 132 valence electrons. The molecule has 25 heavy (non-hydrogen) atoms. The van der Waals surface area contributed by atoms with E-state index >= 15 is 0 Å². The van der Waals surface area contributed by atoms with Crippen molar-refractivity contribution >= 4 is 17.6 Å². The zero-order valence-electron chi connectivity index (χ0n) is 13.6. The maximum atomic E-state index is 13.0. The molecular weight excluding hydrogens is 332 g/mol. The average molecular weight is 349 g/mol. The monoisotopic (exact) mass is 349 g/mol. The zero-order valence-corrected chi connectivity index (χ0v) is 13.6. The van der Waals surface area contributed by atoms with Gasteiger partial charge >= 0.3 is 5.97 Å². The normalized spacial score (nSPS) is 10.2. The van der Waals surface area contributed by atoms with Crippen molar-refractivity contribution < 1.29 is 27.8 Å². The highest BCUT2D eigenvalue weighted by Crippen LogP contribution is 2.14. The first-order chi connectivity index (χ1) is 12.0. The van der Waals surface area contributed by atoms with Gasteiger partial charge in [0.05, 0.1) is 13.0 Å². The van der Waals surface area contributed by atoms with Crippen molar-refractivity contribution in [1.29, 1.82) is 0 Å². The van der Waals surface area contributed by atoms with Crippen LogP contribution in [0.4, 0.5) is 14.5 Å². The molecule has 2 rings (SSSR count). The SMILES string of the molecule is CCOc1ccc(CC(=O)OCC(=O)Nc2cc(F)cc(F)c2)cc1. The van der Waals surface area contributed by atoms with Gasteiger partial charge in [-0.2, -0.15) is 0 Å². The highest BCUT2D eigenvalue weighted by atomic mass is 19.1. The number of rotatable bonds is 7. The van der Waals surface area contributed by atoms with Gasteiger partial charge in [0.25, 0.3) is 5.91 Å². The van der Waals surface area contributed by atoms with Crippen LogP contribution in [-0.4, -0.2) is 25.1 Å². The van der Waals surface area contributed by atoms with Crippen LogP contribution in [-0.2, 0) is 20.7 Å². The highest BCUT2D eigenvalue weighted by Gasteiger charge is 2.10. The minimum absolute atomic E-state index is 0.00568. The molecule has 0 saturated carbocycles. The molecule has 2 aromatic rings. The van der Waals surface area contributed by atoms with Crippen LogP contribution in [0.2, 0.25) is 0 Å². The molecule has 0 atom stereocenters. The zero-order chi connectivity index (χ0) is 18.2. The number of amides is 1. The maximum Gasteiger partial charge on any atom is 0.310 e. The number of carbonyl (C=O) groups excluding carboxylic acids is 2. The lowest BCUT2D eigenvalue weighted by Crippen LogP contribution is -2.21.